The largest absolute Gasteiger partial charge is 0.495 e. The smallest absolute Gasteiger partial charge is 0.137 e. The van der Waals surface area contributed by atoms with Crippen LogP contribution < -0.4 is 4.74 Å². The van der Waals surface area contributed by atoms with Crippen LogP contribution in [0.4, 0.5) is 0 Å². The van der Waals surface area contributed by atoms with E-state index in [1.165, 1.54) is 5.39 Å². The number of methoxy groups -OCH3 is 1. The minimum atomic E-state index is -0.250. The van der Waals surface area contributed by atoms with Gasteiger partial charge in [-0.3, -0.25) is 0 Å². The monoisotopic (exact) mass is 316 g/mol. The van der Waals surface area contributed by atoms with Crippen LogP contribution in [0.1, 0.15) is 16.5 Å². The number of alkyl halides is 1. The van der Waals surface area contributed by atoms with Gasteiger partial charge in [0.2, 0.25) is 0 Å². The predicted molar refractivity (Wildman–Crippen MR) is 89.6 cm³/mol. The van der Waals surface area contributed by atoms with E-state index in [1.54, 1.807) is 7.11 Å². The SMILES string of the molecule is COc1ccc(C(Cl)c2cccc3ccccc23)cc1Cl. The van der Waals surface area contributed by atoms with Crippen LogP contribution in [0.25, 0.3) is 10.8 Å². The zero-order valence-electron chi connectivity index (χ0n) is 11.5. The molecular formula is C18H14Cl2O. The molecule has 1 nitrogen and oxygen atoms in total. The van der Waals surface area contributed by atoms with Gasteiger partial charge in [-0.1, -0.05) is 60.1 Å². The van der Waals surface area contributed by atoms with Crippen LogP contribution in [0.2, 0.25) is 5.02 Å². The van der Waals surface area contributed by atoms with Crippen molar-refractivity contribution in [3.63, 3.8) is 0 Å². The van der Waals surface area contributed by atoms with E-state index in [2.05, 4.69) is 24.3 Å². The molecule has 3 rings (SSSR count). The van der Waals surface area contributed by atoms with Gasteiger partial charge in [0.05, 0.1) is 17.5 Å². The van der Waals surface area contributed by atoms with Gasteiger partial charge in [-0.2, -0.15) is 0 Å². The zero-order chi connectivity index (χ0) is 14.8. The fourth-order valence-electron chi connectivity index (χ4n) is 2.49. The molecule has 0 aliphatic heterocycles. The molecule has 0 radical (unpaired) electrons. The molecular weight excluding hydrogens is 303 g/mol. The lowest BCUT2D eigenvalue weighted by atomic mass is 9.98. The Morgan fingerprint density at radius 1 is 0.952 bits per heavy atom. The molecule has 106 valence electrons. The number of fused-ring (bicyclic) bond motifs is 1. The summed E-state index contributed by atoms with van der Waals surface area (Å²) in [4.78, 5) is 0. The molecule has 0 saturated heterocycles. The molecule has 21 heavy (non-hydrogen) atoms. The van der Waals surface area contributed by atoms with E-state index in [0.29, 0.717) is 10.8 Å². The minimum absolute atomic E-state index is 0.250. The van der Waals surface area contributed by atoms with Crippen molar-refractivity contribution < 1.29 is 4.74 Å². The van der Waals surface area contributed by atoms with Gasteiger partial charge in [0, 0.05) is 0 Å². The number of benzene rings is 3. The Hall–Kier alpha value is -1.70. The van der Waals surface area contributed by atoms with E-state index in [-0.39, 0.29) is 5.38 Å². The lowest BCUT2D eigenvalue weighted by Crippen LogP contribution is -1.95. The van der Waals surface area contributed by atoms with E-state index in [4.69, 9.17) is 27.9 Å². The van der Waals surface area contributed by atoms with Gasteiger partial charge in [-0.15, -0.1) is 11.6 Å². The summed E-state index contributed by atoms with van der Waals surface area (Å²) in [5.74, 6) is 0.655. The first-order valence-corrected chi connectivity index (χ1v) is 7.47. The summed E-state index contributed by atoms with van der Waals surface area (Å²) >= 11 is 12.9. The molecule has 0 N–H and O–H groups in total. The van der Waals surface area contributed by atoms with E-state index >= 15 is 0 Å². The summed E-state index contributed by atoms with van der Waals surface area (Å²) in [6.45, 7) is 0. The van der Waals surface area contributed by atoms with Crippen molar-refractivity contribution in [2.45, 2.75) is 5.38 Å². The normalized spacial score (nSPS) is 12.3. The number of rotatable bonds is 3. The molecule has 0 fully saturated rings. The molecule has 0 amide bonds. The van der Waals surface area contributed by atoms with Crippen LogP contribution in [0.15, 0.2) is 60.7 Å². The molecule has 3 heteroatoms. The Labute approximate surface area is 134 Å². The maximum absolute atomic E-state index is 6.68. The molecule has 0 aromatic heterocycles. The van der Waals surface area contributed by atoms with Crippen molar-refractivity contribution >= 4 is 34.0 Å². The first-order valence-electron chi connectivity index (χ1n) is 6.66. The van der Waals surface area contributed by atoms with Crippen molar-refractivity contribution in [1.29, 1.82) is 0 Å². The minimum Gasteiger partial charge on any atom is -0.495 e. The van der Waals surface area contributed by atoms with Crippen LogP contribution in [-0.4, -0.2) is 7.11 Å². The second-order valence-corrected chi connectivity index (χ2v) is 5.67. The van der Waals surface area contributed by atoms with Gasteiger partial charge in [0.25, 0.3) is 0 Å². The number of ether oxygens (including phenoxy) is 1. The molecule has 3 aromatic carbocycles. The molecule has 0 aliphatic carbocycles. The fraction of sp³-hybridized carbons (Fsp3) is 0.111. The van der Waals surface area contributed by atoms with E-state index < -0.39 is 0 Å². The van der Waals surface area contributed by atoms with Crippen LogP contribution in [0, 0.1) is 0 Å². The Bertz CT molecular complexity index is 778. The summed E-state index contributed by atoms with van der Waals surface area (Å²) in [6.07, 6.45) is 0. The van der Waals surface area contributed by atoms with Crippen molar-refractivity contribution in [3.8, 4) is 5.75 Å². The lowest BCUT2D eigenvalue weighted by molar-refractivity contribution is 0.415. The summed E-state index contributed by atoms with van der Waals surface area (Å²) in [5, 5.41) is 2.66. The quantitative estimate of drug-likeness (QED) is 0.552. The van der Waals surface area contributed by atoms with E-state index in [0.717, 1.165) is 16.5 Å². The van der Waals surface area contributed by atoms with Gasteiger partial charge >= 0.3 is 0 Å². The number of hydrogen-bond donors (Lipinski definition) is 0. The molecule has 1 unspecified atom stereocenters. The summed E-state index contributed by atoms with van der Waals surface area (Å²) in [7, 11) is 1.60. The average Bonchev–Trinajstić information content (AvgIpc) is 2.53. The van der Waals surface area contributed by atoms with E-state index in [9.17, 15) is 0 Å². The highest BCUT2D eigenvalue weighted by atomic mass is 35.5. The third-order valence-electron chi connectivity index (χ3n) is 3.56. The summed E-state index contributed by atoms with van der Waals surface area (Å²) in [5.41, 5.74) is 2.04. The third kappa shape index (κ3) is 2.72. The molecule has 0 saturated carbocycles. The Kier molecular flexibility index (Phi) is 4.05. The standard InChI is InChI=1S/C18H14Cl2O/c1-21-17-10-9-13(11-16(17)19)18(20)15-8-4-6-12-5-2-3-7-14(12)15/h2-11,18H,1H3. The fourth-order valence-corrected chi connectivity index (χ4v) is 3.08. The second-order valence-electron chi connectivity index (χ2n) is 4.82. The van der Waals surface area contributed by atoms with Crippen molar-refractivity contribution in [3.05, 3.63) is 76.8 Å². The first-order chi connectivity index (χ1) is 10.2. The van der Waals surface area contributed by atoms with Gasteiger partial charge in [0.15, 0.2) is 0 Å². The number of halogens is 2. The van der Waals surface area contributed by atoms with Crippen molar-refractivity contribution in [1.82, 2.24) is 0 Å². The molecule has 3 aromatic rings. The highest BCUT2D eigenvalue weighted by Gasteiger charge is 2.15. The molecule has 0 bridgehead atoms. The Balaban J connectivity index is 2.08. The third-order valence-corrected chi connectivity index (χ3v) is 4.35. The molecule has 0 aliphatic rings. The van der Waals surface area contributed by atoms with Crippen LogP contribution in [0.3, 0.4) is 0 Å². The lowest BCUT2D eigenvalue weighted by Gasteiger charge is -2.14. The van der Waals surface area contributed by atoms with Gasteiger partial charge in [-0.25, -0.2) is 0 Å². The topological polar surface area (TPSA) is 9.23 Å². The van der Waals surface area contributed by atoms with Gasteiger partial charge in [0.1, 0.15) is 5.75 Å². The highest BCUT2D eigenvalue weighted by Crippen LogP contribution is 2.36. The number of hydrogen-bond acceptors (Lipinski definition) is 1. The second kappa shape index (κ2) is 5.97. The van der Waals surface area contributed by atoms with Crippen molar-refractivity contribution in [2.75, 3.05) is 7.11 Å². The molecule has 1 atom stereocenters. The summed E-state index contributed by atoms with van der Waals surface area (Å²) in [6, 6.07) is 20.0. The van der Waals surface area contributed by atoms with Gasteiger partial charge < -0.3 is 4.74 Å². The molecule has 0 heterocycles. The highest BCUT2D eigenvalue weighted by molar-refractivity contribution is 6.32. The predicted octanol–water partition coefficient (Wildman–Crippen LogP) is 5.83. The zero-order valence-corrected chi connectivity index (χ0v) is 13.0. The Morgan fingerprint density at radius 2 is 1.71 bits per heavy atom. The van der Waals surface area contributed by atoms with Crippen LogP contribution in [0.5, 0.6) is 5.75 Å². The average molecular weight is 317 g/mol. The van der Waals surface area contributed by atoms with Gasteiger partial charge in [-0.05, 0) is 34.0 Å². The van der Waals surface area contributed by atoms with Crippen LogP contribution in [-0.2, 0) is 0 Å². The maximum atomic E-state index is 6.68. The van der Waals surface area contributed by atoms with Crippen molar-refractivity contribution in [2.24, 2.45) is 0 Å². The van der Waals surface area contributed by atoms with Crippen LogP contribution >= 0.6 is 23.2 Å². The summed E-state index contributed by atoms with van der Waals surface area (Å²) < 4.78 is 5.18. The maximum Gasteiger partial charge on any atom is 0.137 e. The first kappa shape index (κ1) is 14.2. The van der Waals surface area contributed by atoms with E-state index in [1.807, 2.05) is 36.4 Å². The molecule has 0 spiro atoms. The Morgan fingerprint density at radius 3 is 2.48 bits per heavy atom.